The van der Waals surface area contributed by atoms with E-state index in [0.29, 0.717) is 18.7 Å². The van der Waals surface area contributed by atoms with Crippen LogP contribution >= 0.6 is 0 Å². The molecule has 0 atom stereocenters. The van der Waals surface area contributed by atoms with E-state index in [0.717, 1.165) is 18.4 Å². The van der Waals surface area contributed by atoms with E-state index in [4.69, 9.17) is 9.47 Å². The van der Waals surface area contributed by atoms with Gasteiger partial charge in [-0.15, -0.1) is 0 Å². The second-order valence-electron chi connectivity index (χ2n) is 4.67. The Labute approximate surface area is 111 Å². The molecule has 2 rings (SSSR count). The van der Waals surface area contributed by atoms with Crippen molar-refractivity contribution in [2.75, 3.05) is 14.2 Å². The molecule has 6 nitrogen and oxygen atoms in total. The van der Waals surface area contributed by atoms with Gasteiger partial charge in [-0.05, 0) is 24.5 Å². The Morgan fingerprint density at radius 1 is 1.42 bits per heavy atom. The second kappa shape index (κ2) is 5.99. The van der Waals surface area contributed by atoms with Crippen LogP contribution in [0.4, 0.5) is 5.69 Å². The Kier molecular flexibility index (Phi) is 4.34. The number of benzene rings is 1. The number of nitrogens with one attached hydrogen (secondary N) is 1. The summed E-state index contributed by atoms with van der Waals surface area (Å²) < 4.78 is 10.2. The van der Waals surface area contributed by atoms with Crippen molar-refractivity contribution in [2.45, 2.75) is 31.5 Å². The molecule has 0 aromatic heterocycles. The second-order valence-corrected chi connectivity index (χ2v) is 4.67. The SMILES string of the molecule is COc1ccc(CNC2CC(OC)C2)cc1[N+](=O)[O-]. The first-order valence-corrected chi connectivity index (χ1v) is 6.21. The van der Waals surface area contributed by atoms with Gasteiger partial charge in [-0.1, -0.05) is 6.07 Å². The van der Waals surface area contributed by atoms with Crippen LogP contribution in [0.25, 0.3) is 0 Å². The van der Waals surface area contributed by atoms with Gasteiger partial charge in [0.05, 0.1) is 18.1 Å². The quantitative estimate of drug-likeness (QED) is 0.628. The van der Waals surface area contributed by atoms with Crippen LogP contribution in [0.2, 0.25) is 0 Å². The molecule has 6 heteroatoms. The summed E-state index contributed by atoms with van der Waals surface area (Å²) in [6, 6.07) is 5.46. The third-order valence-electron chi connectivity index (χ3n) is 3.46. The highest BCUT2D eigenvalue weighted by atomic mass is 16.6. The van der Waals surface area contributed by atoms with Crippen molar-refractivity contribution in [2.24, 2.45) is 0 Å². The molecule has 0 spiro atoms. The molecule has 1 N–H and O–H groups in total. The zero-order chi connectivity index (χ0) is 13.8. The fraction of sp³-hybridized carbons (Fsp3) is 0.538. The highest BCUT2D eigenvalue weighted by Gasteiger charge is 2.28. The van der Waals surface area contributed by atoms with E-state index >= 15 is 0 Å². The first-order chi connectivity index (χ1) is 9.13. The van der Waals surface area contributed by atoms with Crippen LogP contribution in [-0.4, -0.2) is 31.3 Å². The number of rotatable bonds is 6. The zero-order valence-electron chi connectivity index (χ0n) is 11.1. The summed E-state index contributed by atoms with van der Waals surface area (Å²) in [5, 5.41) is 14.3. The molecule has 0 radical (unpaired) electrons. The lowest BCUT2D eigenvalue weighted by Gasteiger charge is -2.34. The Bertz CT molecular complexity index is 458. The van der Waals surface area contributed by atoms with Crippen molar-refractivity contribution < 1.29 is 14.4 Å². The topological polar surface area (TPSA) is 73.6 Å². The highest BCUT2D eigenvalue weighted by Crippen LogP contribution is 2.28. The molecule has 0 bridgehead atoms. The maximum Gasteiger partial charge on any atom is 0.311 e. The van der Waals surface area contributed by atoms with Crippen molar-refractivity contribution in [3.63, 3.8) is 0 Å². The van der Waals surface area contributed by atoms with E-state index in [2.05, 4.69) is 5.32 Å². The molecule has 1 aromatic carbocycles. The molecule has 0 amide bonds. The number of methoxy groups -OCH3 is 2. The summed E-state index contributed by atoms with van der Waals surface area (Å²) in [6.45, 7) is 0.617. The van der Waals surface area contributed by atoms with E-state index in [1.165, 1.54) is 7.11 Å². The summed E-state index contributed by atoms with van der Waals surface area (Å²) >= 11 is 0. The third kappa shape index (κ3) is 3.21. The average Bonchev–Trinajstić information content (AvgIpc) is 2.37. The number of ether oxygens (including phenoxy) is 2. The van der Waals surface area contributed by atoms with Crippen LogP contribution in [0.5, 0.6) is 5.75 Å². The number of hydrogen-bond acceptors (Lipinski definition) is 5. The van der Waals surface area contributed by atoms with Crippen LogP contribution in [-0.2, 0) is 11.3 Å². The van der Waals surface area contributed by atoms with E-state index in [-0.39, 0.29) is 11.4 Å². The molecule has 1 saturated carbocycles. The molecule has 19 heavy (non-hydrogen) atoms. The van der Waals surface area contributed by atoms with Crippen molar-refractivity contribution in [3.8, 4) is 5.75 Å². The van der Waals surface area contributed by atoms with Gasteiger partial charge in [-0.2, -0.15) is 0 Å². The van der Waals surface area contributed by atoms with Gasteiger partial charge >= 0.3 is 5.69 Å². The minimum Gasteiger partial charge on any atom is -0.490 e. The molecular formula is C13H18N2O4. The molecule has 104 valence electrons. The third-order valence-corrected chi connectivity index (χ3v) is 3.46. The maximum absolute atomic E-state index is 10.9. The zero-order valence-corrected chi connectivity index (χ0v) is 11.1. The van der Waals surface area contributed by atoms with Gasteiger partial charge in [0.15, 0.2) is 5.75 Å². The number of nitrogens with zero attached hydrogens (tertiary/aromatic N) is 1. The van der Waals surface area contributed by atoms with Crippen molar-refractivity contribution >= 4 is 5.69 Å². The molecule has 0 unspecified atom stereocenters. The predicted octanol–water partition coefficient (Wildman–Crippen LogP) is 1.87. The molecule has 0 heterocycles. The Hall–Kier alpha value is -1.66. The molecule has 1 aliphatic rings. The maximum atomic E-state index is 10.9. The van der Waals surface area contributed by atoms with Gasteiger partial charge in [0, 0.05) is 25.8 Å². The smallest absolute Gasteiger partial charge is 0.311 e. The summed E-state index contributed by atoms with van der Waals surface area (Å²) in [5.41, 5.74) is 0.888. The Morgan fingerprint density at radius 3 is 2.74 bits per heavy atom. The van der Waals surface area contributed by atoms with Gasteiger partial charge in [0.2, 0.25) is 0 Å². The lowest BCUT2D eigenvalue weighted by molar-refractivity contribution is -0.385. The van der Waals surface area contributed by atoms with E-state index in [1.54, 1.807) is 19.2 Å². The number of nitro benzene ring substituents is 1. The summed E-state index contributed by atoms with van der Waals surface area (Å²) in [5.74, 6) is 0.289. The molecule has 0 aliphatic heterocycles. The normalized spacial score (nSPS) is 21.8. The fourth-order valence-corrected chi connectivity index (χ4v) is 2.18. The monoisotopic (exact) mass is 266 g/mol. The first kappa shape index (κ1) is 13.8. The van der Waals surface area contributed by atoms with Gasteiger partial charge in [0.25, 0.3) is 0 Å². The van der Waals surface area contributed by atoms with Gasteiger partial charge in [0.1, 0.15) is 0 Å². The number of nitro groups is 1. The van der Waals surface area contributed by atoms with Gasteiger partial charge in [-0.3, -0.25) is 10.1 Å². The van der Waals surface area contributed by atoms with Crippen molar-refractivity contribution in [3.05, 3.63) is 33.9 Å². The Balaban J connectivity index is 1.94. The van der Waals surface area contributed by atoms with E-state index < -0.39 is 4.92 Å². The lowest BCUT2D eigenvalue weighted by Crippen LogP contribution is -2.44. The summed E-state index contributed by atoms with van der Waals surface area (Å²) in [4.78, 5) is 10.5. The molecular weight excluding hydrogens is 248 g/mol. The van der Waals surface area contributed by atoms with Gasteiger partial charge < -0.3 is 14.8 Å². The molecule has 1 fully saturated rings. The van der Waals surface area contributed by atoms with Crippen LogP contribution in [0, 0.1) is 10.1 Å². The van der Waals surface area contributed by atoms with Gasteiger partial charge in [-0.25, -0.2) is 0 Å². The molecule has 1 aromatic rings. The minimum atomic E-state index is -0.424. The van der Waals surface area contributed by atoms with Crippen LogP contribution in [0.1, 0.15) is 18.4 Å². The van der Waals surface area contributed by atoms with E-state index in [1.807, 2.05) is 6.07 Å². The lowest BCUT2D eigenvalue weighted by atomic mass is 9.89. The van der Waals surface area contributed by atoms with Crippen LogP contribution in [0.3, 0.4) is 0 Å². The predicted molar refractivity (Wildman–Crippen MR) is 70.3 cm³/mol. The number of hydrogen-bond donors (Lipinski definition) is 1. The highest BCUT2D eigenvalue weighted by molar-refractivity contribution is 5.48. The molecule has 0 saturated heterocycles. The first-order valence-electron chi connectivity index (χ1n) is 6.21. The fourth-order valence-electron chi connectivity index (χ4n) is 2.18. The Morgan fingerprint density at radius 2 is 2.16 bits per heavy atom. The minimum absolute atomic E-state index is 0.00479. The van der Waals surface area contributed by atoms with E-state index in [9.17, 15) is 10.1 Å². The summed E-state index contributed by atoms with van der Waals surface area (Å²) in [6.07, 6.45) is 2.34. The van der Waals surface area contributed by atoms with Crippen LogP contribution < -0.4 is 10.1 Å². The average molecular weight is 266 g/mol. The van der Waals surface area contributed by atoms with Crippen molar-refractivity contribution in [1.82, 2.24) is 5.32 Å². The largest absolute Gasteiger partial charge is 0.490 e. The van der Waals surface area contributed by atoms with Crippen molar-refractivity contribution in [1.29, 1.82) is 0 Å². The molecule has 1 aliphatic carbocycles. The standard InChI is InChI=1S/C13H18N2O4/c1-18-11-6-10(7-11)14-8-9-3-4-13(19-2)12(5-9)15(16)17/h3-5,10-11,14H,6-8H2,1-2H3. The van der Waals surface area contributed by atoms with Crippen LogP contribution in [0.15, 0.2) is 18.2 Å². The summed E-state index contributed by atoms with van der Waals surface area (Å²) in [7, 11) is 3.15.